The molecule has 0 saturated carbocycles. The molecule has 1 aromatic carbocycles. The molecule has 0 spiro atoms. The van der Waals surface area contributed by atoms with E-state index in [9.17, 15) is 10.1 Å². The van der Waals surface area contributed by atoms with Crippen LogP contribution in [0.2, 0.25) is 0 Å². The maximum absolute atomic E-state index is 10.8. The highest BCUT2D eigenvalue weighted by Crippen LogP contribution is 2.29. The van der Waals surface area contributed by atoms with Crippen molar-refractivity contribution in [1.82, 2.24) is 4.57 Å². The molecule has 0 radical (unpaired) electrons. The van der Waals surface area contributed by atoms with Crippen molar-refractivity contribution >= 4 is 17.4 Å². The molecule has 0 unspecified atom stereocenters. The first-order valence-electron chi connectivity index (χ1n) is 5.14. The molecule has 2 aromatic rings. The lowest BCUT2D eigenvalue weighted by Crippen LogP contribution is -2.00. The monoisotopic (exact) mass is 248 g/mol. The summed E-state index contributed by atoms with van der Waals surface area (Å²) in [6.07, 6.45) is 3.61. The fourth-order valence-electron chi connectivity index (χ4n) is 1.71. The average molecular weight is 248 g/mol. The summed E-state index contributed by atoms with van der Waals surface area (Å²) in [5.41, 5.74) is 1.31. The van der Waals surface area contributed by atoms with Crippen molar-refractivity contribution < 1.29 is 4.92 Å². The Morgan fingerprint density at radius 1 is 1.29 bits per heavy atom. The zero-order valence-electron chi connectivity index (χ0n) is 9.37. The number of aromatic nitrogens is 1. The van der Waals surface area contributed by atoms with Gasteiger partial charge in [-0.2, -0.15) is 0 Å². The van der Waals surface area contributed by atoms with Gasteiger partial charge in [0, 0.05) is 18.8 Å². The molecule has 0 bridgehead atoms. The fraction of sp³-hybridized carbons (Fsp3) is 0.167. The van der Waals surface area contributed by atoms with E-state index in [4.69, 9.17) is 0 Å². The van der Waals surface area contributed by atoms with Crippen molar-refractivity contribution in [2.45, 2.75) is 11.6 Å². The zero-order chi connectivity index (χ0) is 12.3. The predicted molar refractivity (Wildman–Crippen MR) is 68.4 cm³/mol. The molecule has 0 fully saturated rings. The van der Waals surface area contributed by atoms with Crippen molar-refractivity contribution in [1.29, 1.82) is 0 Å². The van der Waals surface area contributed by atoms with Crippen LogP contribution in [0.4, 0.5) is 5.69 Å². The van der Waals surface area contributed by atoms with E-state index in [0.29, 0.717) is 11.6 Å². The molecule has 0 N–H and O–H groups in total. The first-order chi connectivity index (χ1) is 8.22. The Kier molecular flexibility index (Phi) is 3.49. The van der Waals surface area contributed by atoms with E-state index in [-0.39, 0.29) is 10.6 Å². The van der Waals surface area contributed by atoms with Gasteiger partial charge in [0.2, 0.25) is 0 Å². The van der Waals surface area contributed by atoms with Crippen LogP contribution in [-0.2, 0) is 6.54 Å². The molecule has 0 amide bonds. The van der Waals surface area contributed by atoms with Gasteiger partial charge >= 0.3 is 5.69 Å². The molecular formula is C12H12N2O2S. The summed E-state index contributed by atoms with van der Waals surface area (Å²) in [7, 11) is 0. The van der Waals surface area contributed by atoms with E-state index in [0.717, 1.165) is 5.56 Å². The summed E-state index contributed by atoms with van der Waals surface area (Å²) in [5, 5.41) is 11.5. The maximum atomic E-state index is 10.8. The number of thioether (sulfide) groups is 1. The van der Waals surface area contributed by atoms with E-state index in [1.165, 1.54) is 11.8 Å². The third kappa shape index (κ3) is 2.50. The van der Waals surface area contributed by atoms with Gasteiger partial charge < -0.3 is 4.57 Å². The van der Waals surface area contributed by atoms with Crippen LogP contribution in [0.3, 0.4) is 0 Å². The van der Waals surface area contributed by atoms with Crippen molar-refractivity contribution in [3.63, 3.8) is 0 Å². The lowest BCUT2D eigenvalue weighted by molar-refractivity contribution is -0.387. The van der Waals surface area contributed by atoms with Crippen LogP contribution in [-0.4, -0.2) is 15.7 Å². The topological polar surface area (TPSA) is 48.1 Å². The standard InChI is InChI=1S/C12H12N2O2S/c1-17-12-11(14(15)16)7-8-13(12)9-10-5-3-2-4-6-10/h2-8H,9H2,1H3. The fourth-order valence-corrected chi connectivity index (χ4v) is 2.42. The minimum absolute atomic E-state index is 0.174. The van der Waals surface area contributed by atoms with Crippen LogP contribution >= 0.6 is 11.8 Å². The van der Waals surface area contributed by atoms with Gasteiger partial charge in [-0.25, -0.2) is 0 Å². The maximum Gasteiger partial charge on any atom is 0.300 e. The SMILES string of the molecule is CSc1c([N+](=O)[O-])ccn1Cc1ccccc1. The zero-order valence-corrected chi connectivity index (χ0v) is 10.2. The Morgan fingerprint density at radius 3 is 2.59 bits per heavy atom. The van der Waals surface area contributed by atoms with Gasteiger partial charge in [0.15, 0.2) is 5.03 Å². The molecule has 0 aliphatic carbocycles. The summed E-state index contributed by atoms with van der Waals surface area (Å²) in [5.74, 6) is 0. The third-order valence-corrected chi connectivity index (χ3v) is 3.31. The Morgan fingerprint density at radius 2 is 2.00 bits per heavy atom. The largest absolute Gasteiger partial charge is 0.333 e. The molecule has 0 atom stereocenters. The second kappa shape index (κ2) is 5.05. The smallest absolute Gasteiger partial charge is 0.300 e. The summed E-state index contributed by atoms with van der Waals surface area (Å²) in [4.78, 5) is 10.5. The molecule has 4 nitrogen and oxygen atoms in total. The third-order valence-electron chi connectivity index (χ3n) is 2.48. The molecule has 0 aliphatic rings. The highest BCUT2D eigenvalue weighted by molar-refractivity contribution is 7.98. The molecule has 88 valence electrons. The van der Waals surface area contributed by atoms with Crippen LogP contribution in [0.1, 0.15) is 5.56 Å². The van der Waals surface area contributed by atoms with Crippen LogP contribution in [0, 0.1) is 10.1 Å². The second-order valence-corrected chi connectivity index (χ2v) is 4.38. The molecule has 2 rings (SSSR count). The van der Waals surface area contributed by atoms with Crippen LogP contribution in [0.5, 0.6) is 0 Å². The molecule has 1 aromatic heterocycles. The molecular weight excluding hydrogens is 236 g/mol. The number of hydrogen-bond donors (Lipinski definition) is 0. The van der Waals surface area contributed by atoms with Gasteiger partial charge in [-0.1, -0.05) is 30.3 Å². The van der Waals surface area contributed by atoms with E-state index >= 15 is 0 Å². The second-order valence-electron chi connectivity index (χ2n) is 3.58. The summed E-state index contributed by atoms with van der Waals surface area (Å²) >= 11 is 1.40. The van der Waals surface area contributed by atoms with E-state index < -0.39 is 0 Å². The Labute approximate surface area is 103 Å². The highest BCUT2D eigenvalue weighted by Gasteiger charge is 2.17. The van der Waals surface area contributed by atoms with Crippen molar-refractivity contribution in [3.05, 3.63) is 58.3 Å². The van der Waals surface area contributed by atoms with Crippen molar-refractivity contribution in [2.75, 3.05) is 6.26 Å². The van der Waals surface area contributed by atoms with Crippen LogP contribution < -0.4 is 0 Å². The van der Waals surface area contributed by atoms with E-state index in [1.807, 2.05) is 41.2 Å². The molecule has 1 heterocycles. The number of benzene rings is 1. The van der Waals surface area contributed by atoms with Gasteiger partial charge in [-0.15, -0.1) is 11.8 Å². The minimum Gasteiger partial charge on any atom is -0.333 e. The molecule has 0 saturated heterocycles. The first kappa shape index (κ1) is 11.7. The van der Waals surface area contributed by atoms with Gasteiger partial charge in [0.05, 0.1) is 4.92 Å². The van der Waals surface area contributed by atoms with Crippen LogP contribution in [0.25, 0.3) is 0 Å². The predicted octanol–water partition coefficient (Wildman–Crippen LogP) is 3.17. The summed E-state index contributed by atoms with van der Waals surface area (Å²) in [6.45, 7) is 0.658. The molecule has 17 heavy (non-hydrogen) atoms. The minimum atomic E-state index is -0.340. The Hall–Kier alpha value is -1.75. The molecule has 5 heteroatoms. The highest BCUT2D eigenvalue weighted by atomic mass is 32.2. The summed E-state index contributed by atoms with van der Waals surface area (Å²) in [6, 6.07) is 11.5. The van der Waals surface area contributed by atoms with Gasteiger partial charge in [-0.05, 0) is 11.8 Å². The van der Waals surface area contributed by atoms with Crippen molar-refractivity contribution in [2.24, 2.45) is 0 Å². The van der Waals surface area contributed by atoms with Crippen molar-refractivity contribution in [3.8, 4) is 0 Å². The van der Waals surface area contributed by atoms with Gasteiger partial charge in [0.25, 0.3) is 0 Å². The number of nitro groups is 1. The lowest BCUT2D eigenvalue weighted by atomic mass is 10.2. The van der Waals surface area contributed by atoms with Gasteiger partial charge in [-0.3, -0.25) is 10.1 Å². The Bertz CT molecular complexity index is 523. The molecule has 0 aliphatic heterocycles. The number of nitrogens with zero attached hydrogens (tertiary/aromatic N) is 2. The van der Waals surface area contributed by atoms with Crippen LogP contribution in [0.15, 0.2) is 47.6 Å². The lowest BCUT2D eigenvalue weighted by Gasteiger charge is -2.06. The number of rotatable bonds is 4. The quantitative estimate of drug-likeness (QED) is 0.474. The normalized spacial score (nSPS) is 10.4. The van der Waals surface area contributed by atoms with Gasteiger partial charge in [0.1, 0.15) is 0 Å². The van der Waals surface area contributed by atoms with E-state index in [1.54, 1.807) is 12.3 Å². The average Bonchev–Trinajstić information content (AvgIpc) is 2.73. The summed E-state index contributed by atoms with van der Waals surface area (Å²) < 4.78 is 1.90. The number of hydrogen-bond acceptors (Lipinski definition) is 3. The van der Waals surface area contributed by atoms with E-state index in [2.05, 4.69) is 0 Å². The Balaban J connectivity index is 2.31. The first-order valence-corrected chi connectivity index (χ1v) is 6.36.